The Morgan fingerprint density at radius 2 is 2.18 bits per heavy atom. The van der Waals surface area contributed by atoms with Crippen LogP contribution in [0.4, 0.5) is 0 Å². The lowest BCUT2D eigenvalue weighted by Crippen LogP contribution is -2.37. The van der Waals surface area contributed by atoms with Gasteiger partial charge in [-0.2, -0.15) is 0 Å². The molecule has 0 radical (unpaired) electrons. The van der Waals surface area contributed by atoms with Crippen LogP contribution in [0.2, 0.25) is 0 Å². The van der Waals surface area contributed by atoms with Gasteiger partial charge in [0.15, 0.2) is 0 Å². The zero-order valence-corrected chi connectivity index (χ0v) is 7.54. The van der Waals surface area contributed by atoms with Crippen molar-refractivity contribution in [2.45, 2.75) is 18.6 Å². The Kier molecular flexibility index (Phi) is 3.30. The third-order valence-corrected chi connectivity index (χ3v) is 2.40. The number of hydrogen-bond acceptors (Lipinski definition) is 3. The summed E-state index contributed by atoms with van der Waals surface area (Å²) in [6.45, 7) is 1.89. The Morgan fingerprint density at radius 3 is 2.73 bits per heavy atom. The average Bonchev–Trinajstić information content (AvgIpc) is 2.34. The van der Waals surface area contributed by atoms with Gasteiger partial charge in [-0.15, -0.1) is 0 Å². The molecule has 0 amide bonds. The van der Waals surface area contributed by atoms with Crippen LogP contribution in [-0.4, -0.2) is 51.5 Å². The maximum absolute atomic E-state index is 5.33. The van der Waals surface area contributed by atoms with Crippen molar-refractivity contribution >= 4 is 0 Å². The van der Waals surface area contributed by atoms with Crippen LogP contribution >= 0.6 is 0 Å². The minimum Gasteiger partial charge on any atom is -0.383 e. The van der Waals surface area contributed by atoms with Crippen LogP contribution in [0.3, 0.4) is 0 Å². The fraction of sp³-hybridized carbons (Fsp3) is 1.00. The van der Waals surface area contributed by atoms with Crippen molar-refractivity contribution < 1.29 is 9.47 Å². The van der Waals surface area contributed by atoms with E-state index in [1.807, 2.05) is 0 Å². The quantitative estimate of drug-likeness (QED) is 0.593. The highest BCUT2D eigenvalue weighted by molar-refractivity contribution is 4.85. The van der Waals surface area contributed by atoms with Crippen molar-refractivity contribution in [2.24, 2.45) is 0 Å². The second kappa shape index (κ2) is 4.04. The van der Waals surface area contributed by atoms with Crippen molar-refractivity contribution in [2.75, 3.05) is 34.4 Å². The van der Waals surface area contributed by atoms with Gasteiger partial charge in [-0.3, -0.25) is 4.90 Å². The molecule has 3 heteroatoms. The first-order valence-electron chi connectivity index (χ1n) is 4.01. The lowest BCUT2D eigenvalue weighted by molar-refractivity contribution is 0.0310. The molecule has 0 bridgehead atoms. The molecule has 0 aromatic heterocycles. The van der Waals surface area contributed by atoms with Gasteiger partial charge in [0.2, 0.25) is 0 Å². The first-order chi connectivity index (χ1) is 5.29. The molecule has 0 aliphatic carbocycles. The van der Waals surface area contributed by atoms with Crippen LogP contribution in [-0.2, 0) is 9.47 Å². The number of hydrogen-bond donors (Lipinski definition) is 0. The summed E-state index contributed by atoms with van der Waals surface area (Å²) in [5, 5.41) is 0. The van der Waals surface area contributed by atoms with E-state index in [9.17, 15) is 0 Å². The zero-order chi connectivity index (χ0) is 8.27. The molecule has 1 heterocycles. The second-order valence-electron chi connectivity index (χ2n) is 3.07. The van der Waals surface area contributed by atoms with E-state index in [1.165, 1.54) is 0 Å². The Bertz CT molecular complexity index is 119. The number of nitrogens with zero attached hydrogens (tertiary/aromatic N) is 1. The smallest absolute Gasteiger partial charge is 0.0761 e. The molecule has 1 saturated heterocycles. The molecular weight excluding hydrogens is 142 g/mol. The van der Waals surface area contributed by atoms with Crippen LogP contribution in [0, 0.1) is 0 Å². The summed E-state index contributed by atoms with van der Waals surface area (Å²) in [5.74, 6) is 0. The summed E-state index contributed by atoms with van der Waals surface area (Å²) in [7, 11) is 5.62. The van der Waals surface area contributed by atoms with Crippen LogP contribution in [0.1, 0.15) is 6.42 Å². The molecule has 2 atom stereocenters. The third kappa shape index (κ3) is 1.92. The molecule has 0 saturated carbocycles. The van der Waals surface area contributed by atoms with Crippen LogP contribution in [0.15, 0.2) is 0 Å². The Labute approximate surface area is 68.3 Å². The summed E-state index contributed by atoms with van der Waals surface area (Å²) >= 11 is 0. The van der Waals surface area contributed by atoms with Gasteiger partial charge in [0.25, 0.3) is 0 Å². The molecular formula is C8H17NO2. The molecule has 3 nitrogen and oxygen atoms in total. The molecule has 1 rings (SSSR count). The predicted octanol–water partition coefficient (Wildman–Crippen LogP) is 0.352. The molecule has 0 aromatic rings. The normalized spacial score (nSPS) is 33.0. The molecule has 1 unspecified atom stereocenters. The number of rotatable bonds is 3. The molecule has 11 heavy (non-hydrogen) atoms. The summed E-state index contributed by atoms with van der Waals surface area (Å²) in [4.78, 5) is 2.29. The van der Waals surface area contributed by atoms with Gasteiger partial charge in [-0.25, -0.2) is 0 Å². The number of likely N-dealkylation sites (tertiary alicyclic amines) is 1. The van der Waals surface area contributed by atoms with Gasteiger partial charge in [-0.05, 0) is 13.5 Å². The number of methoxy groups -OCH3 is 2. The van der Waals surface area contributed by atoms with E-state index in [4.69, 9.17) is 9.47 Å². The first-order valence-corrected chi connectivity index (χ1v) is 4.01. The summed E-state index contributed by atoms with van der Waals surface area (Å²) in [6, 6.07) is 0.449. The molecule has 0 N–H and O–H groups in total. The predicted molar refractivity (Wildman–Crippen MR) is 43.7 cm³/mol. The van der Waals surface area contributed by atoms with E-state index in [-0.39, 0.29) is 0 Å². The maximum Gasteiger partial charge on any atom is 0.0761 e. The fourth-order valence-electron chi connectivity index (χ4n) is 1.65. The van der Waals surface area contributed by atoms with Gasteiger partial charge in [0, 0.05) is 20.8 Å². The minimum atomic E-state index is 0.361. The Balaban J connectivity index is 2.42. The van der Waals surface area contributed by atoms with Crippen molar-refractivity contribution in [1.29, 1.82) is 0 Å². The standard InChI is InChI=1S/C8H17NO2/c1-9-5-4-8(11-3)7(9)6-10-2/h7-8H,4-6H2,1-3H3/t7?,8-/m0/s1. The molecule has 1 aliphatic heterocycles. The summed E-state index contributed by atoms with van der Waals surface area (Å²) in [6.07, 6.45) is 1.49. The van der Waals surface area contributed by atoms with Crippen LogP contribution < -0.4 is 0 Å². The summed E-state index contributed by atoms with van der Waals surface area (Å²) < 4.78 is 10.4. The second-order valence-corrected chi connectivity index (χ2v) is 3.07. The van der Waals surface area contributed by atoms with Gasteiger partial charge < -0.3 is 9.47 Å². The Hall–Kier alpha value is -0.120. The van der Waals surface area contributed by atoms with Gasteiger partial charge >= 0.3 is 0 Å². The Morgan fingerprint density at radius 1 is 1.45 bits per heavy atom. The van der Waals surface area contributed by atoms with Crippen LogP contribution in [0.25, 0.3) is 0 Å². The van der Waals surface area contributed by atoms with Crippen molar-refractivity contribution in [3.05, 3.63) is 0 Å². The van der Waals surface area contributed by atoms with E-state index in [0.717, 1.165) is 19.6 Å². The van der Waals surface area contributed by atoms with Gasteiger partial charge in [-0.1, -0.05) is 0 Å². The molecule has 1 fully saturated rings. The zero-order valence-electron chi connectivity index (χ0n) is 7.54. The van der Waals surface area contributed by atoms with E-state index in [2.05, 4.69) is 11.9 Å². The molecule has 66 valence electrons. The van der Waals surface area contributed by atoms with Crippen LogP contribution in [0.5, 0.6) is 0 Å². The van der Waals surface area contributed by atoms with E-state index in [1.54, 1.807) is 14.2 Å². The van der Waals surface area contributed by atoms with Gasteiger partial charge in [0.1, 0.15) is 0 Å². The lowest BCUT2D eigenvalue weighted by Gasteiger charge is -2.22. The highest BCUT2D eigenvalue weighted by Crippen LogP contribution is 2.18. The lowest BCUT2D eigenvalue weighted by atomic mass is 10.2. The monoisotopic (exact) mass is 159 g/mol. The van der Waals surface area contributed by atoms with E-state index >= 15 is 0 Å². The third-order valence-electron chi connectivity index (χ3n) is 2.40. The maximum atomic E-state index is 5.33. The van der Waals surface area contributed by atoms with Gasteiger partial charge in [0.05, 0.1) is 18.8 Å². The van der Waals surface area contributed by atoms with E-state index in [0.29, 0.717) is 12.1 Å². The largest absolute Gasteiger partial charge is 0.383 e. The first kappa shape index (κ1) is 8.97. The topological polar surface area (TPSA) is 21.7 Å². The molecule has 0 aromatic carbocycles. The van der Waals surface area contributed by atoms with E-state index < -0.39 is 0 Å². The molecule has 1 aliphatic rings. The van der Waals surface area contributed by atoms with Crippen molar-refractivity contribution in [3.8, 4) is 0 Å². The fourth-order valence-corrected chi connectivity index (χ4v) is 1.65. The number of ether oxygens (including phenoxy) is 2. The number of likely N-dealkylation sites (N-methyl/N-ethyl adjacent to an activating group) is 1. The van der Waals surface area contributed by atoms with Crippen molar-refractivity contribution in [3.63, 3.8) is 0 Å². The summed E-state index contributed by atoms with van der Waals surface area (Å²) in [5.41, 5.74) is 0. The SMILES string of the molecule is COCC1[C@@H](OC)CCN1C. The molecule has 0 spiro atoms. The average molecular weight is 159 g/mol. The minimum absolute atomic E-state index is 0.361. The highest BCUT2D eigenvalue weighted by Gasteiger charge is 2.31. The highest BCUT2D eigenvalue weighted by atomic mass is 16.5. The van der Waals surface area contributed by atoms with Crippen molar-refractivity contribution in [1.82, 2.24) is 4.90 Å².